The second kappa shape index (κ2) is 7.22. The summed E-state index contributed by atoms with van der Waals surface area (Å²) >= 11 is 0. The van der Waals surface area contributed by atoms with Crippen molar-refractivity contribution in [2.75, 3.05) is 26.2 Å². The lowest BCUT2D eigenvalue weighted by molar-refractivity contribution is -0.126. The summed E-state index contributed by atoms with van der Waals surface area (Å²) in [5.74, 6) is -0.168. The number of likely N-dealkylation sites (N-methyl/N-ethyl adjacent to an activating group) is 1. The van der Waals surface area contributed by atoms with Gasteiger partial charge in [0.2, 0.25) is 5.91 Å². The van der Waals surface area contributed by atoms with E-state index in [1.807, 2.05) is 31.2 Å². The lowest BCUT2D eigenvalue weighted by atomic mass is 10.1. The van der Waals surface area contributed by atoms with Gasteiger partial charge in [0.15, 0.2) is 0 Å². The van der Waals surface area contributed by atoms with E-state index in [4.69, 9.17) is 0 Å². The van der Waals surface area contributed by atoms with E-state index in [2.05, 4.69) is 17.6 Å². The quantitative estimate of drug-likeness (QED) is 0.862. The van der Waals surface area contributed by atoms with E-state index in [0.717, 1.165) is 6.42 Å². The summed E-state index contributed by atoms with van der Waals surface area (Å²) < 4.78 is 0. The molecule has 1 unspecified atom stereocenters. The standard InChI is InChI=1S/C16H23N3O2/c1-3-12-5-7-13(8-6-12)16(21)19-10-9-17-11-14(19)15(20)18-4-2/h5-8,14,17H,3-4,9-11H2,1-2H3,(H,18,20). The Balaban J connectivity index is 2.15. The Labute approximate surface area is 125 Å². The van der Waals surface area contributed by atoms with Gasteiger partial charge in [0.25, 0.3) is 5.91 Å². The SMILES string of the molecule is CCNC(=O)C1CNCCN1C(=O)c1ccc(CC)cc1. The number of carbonyl (C=O) groups excluding carboxylic acids is 2. The molecule has 1 fully saturated rings. The van der Waals surface area contributed by atoms with Crippen molar-refractivity contribution in [1.82, 2.24) is 15.5 Å². The second-order valence-corrected chi connectivity index (χ2v) is 5.16. The van der Waals surface area contributed by atoms with Gasteiger partial charge in [0, 0.05) is 31.7 Å². The van der Waals surface area contributed by atoms with Crippen molar-refractivity contribution in [3.8, 4) is 0 Å². The van der Waals surface area contributed by atoms with Gasteiger partial charge in [-0.15, -0.1) is 0 Å². The Morgan fingerprint density at radius 1 is 1.29 bits per heavy atom. The monoisotopic (exact) mass is 289 g/mol. The molecule has 114 valence electrons. The molecule has 5 nitrogen and oxygen atoms in total. The summed E-state index contributed by atoms with van der Waals surface area (Å²) in [5, 5.41) is 5.97. The van der Waals surface area contributed by atoms with Crippen LogP contribution >= 0.6 is 0 Å². The predicted octanol–water partition coefficient (Wildman–Crippen LogP) is 0.799. The molecule has 1 aliphatic rings. The van der Waals surface area contributed by atoms with E-state index < -0.39 is 6.04 Å². The molecule has 1 aliphatic heterocycles. The Morgan fingerprint density at radius 2 is 2.00 bits per heavy atom. The largest absolute Gasteiger partial charge is 0.355 e. The van der Waals surface area contributed by atoms with Crippen LogP contribution in [0.25, 0.3) is 0 Å². The third kappa shape index (κ3) is 3.61. The van der Waals surface area contributed by atoms with Crippen LogP contribution in [0.5, 0.6) is 0 Å². The molecule has 0 radical (unpaired) electrons. The van der Waals surface area contributed by atoms with Gasteiger partial charge in [-0.1, -0.05) is 19.1 Å². The molecule has 21 heavy (non-hydrogen) atoms. The molecular formula is C16H23N3O2. The molecule has 2 N–H and O–H groups in total. The third-order valence-corrected chi connectivity index (χ3v) is 3.77. The number of piperazine rings is 1. The zero-order chi connectivity index (χ0) is 15.2. The Hall–Kier alpha value is -1.88. The van der Waals surface area contributed by atoms with Crippen LogP contribution < -0.4 is 10.6 Å². The number of carbonyl (C=O) groups is 2. The smallest absolute Gasteiger partial charge is 0.254 e. The van der Waals surface area contributed by atoms with Crippen molar-refractivity contribution in [2.45, 2.75) is 26.3 Å². The molecule has 1 saturated heterocycles. The lowest BCUT2D eigenvalue weighted by Gasteiger charge is -2.35. The van der Waals surface area contributed by atoms with E-state index in [1.54, 1.807) is 4.90 Å². The molecule has 1 heterocycles. The normalized spacial score (nSPS) is 18.4. The molecular weight excluding hydrogens is 266 g/mol. The summed E-state index contributed by atoms with van der Waals surface area (Å²) in [6.07, 6.45) is 0.948. The maximum atomic E-state index is 12.6. The maximum Gasteiger partial charge on any atom is 0.254 e. The van der Waals surface area contributed by atoms with Gasteiger partial charge in [-0.25, -0.2) is 0 Å². The van der Waals surface area contributed by atoms with E-state index in [-0.39, 0.29) is 11.8 Å². The van der Waals surface area contributed by atoms with Gasteiger partial charge in [-0.3, -0.25) is 9.59 Å². The van der Waals surface area contributed by atoms with Gasteiger partial charge >= 0.3 is 0 Å². The highest BCUT2D eigenvalue weighted by atomic mass is 16.2. The average Bonchev–Trinajstić information content (AvgIpc) is 2.54. The number of nitrogens with zero attached hydrogens (tertiary/aromatic N) is 1. The third-order valence-electron chi connectivity index (χ3n) is 3.77. The fraction of sp³-hybridized carbons (Fsp3) is 0.500. The van der Waals surface area contributed by atoms with E-state index in [0.29, 0.717) is 31.7 Å². The fourth-order valence-electron chi connectivity index (χ4n) is 2.52. The topological polar surface area (TPSA) is 61.4 Å². The molecule has 0 spiro atoms. The lowest BCUT2D eigenvalue weighted by Crippen LogP contribution is -2.59. The summed E-state index contributed by atoms with van der Waals surface area (Å²) in [6.45, 7) is 6.31. The molecule has 1 aromatic carbocycles. The Morgan fingerprint density at radius 3 is 2.62 bits per heavy atom. The summed E-state index contributed by atoms with van der Waals surface area (Å²) in [5.41, 5.74) is 1.84. The zero-order valence-corrected chi connectivity index (χ0v) is 12.7. The molecule has 0 aliphatic carbocycles. The molecule has 2 amide bonds. The van der Waals surface area contributed by atoms with E-state index >= 15 is 0 Å². The molecule has 0 bridgehead atoms. The molecule has 2 rings (SSSR count). The summed E-state index contributed by atoms with van der Waals surface area (Å²) in [4.78, 5) is 26.4. The van der Waals surface area contributed by atoms with Crippen LogP contribution in [0.1, 0.15) is 29.8 Å². The number of hydrogen-bond acceptors (Lipinski definition) is 3. The molecule has 0 saturated carbocycles. The van der Waals surface area contributed by atoms with Crippen LogP contribution in [0.2, 0.25) is 0 Å². The molecule has 0 aromatic heterocycles. The summed E-state index contributed by atoms with van der Waals surface area (Å²) in [7, 11) is 0. The van der Waals surface area contributed by atoms with Crippen LogP contribution in [0.15, 0.2) is 24.3 Å². The van der Waals surface area contributed by atoms with Crippen molar-refractivity contribution in [1.29, 1.82) is 0 Å². The minimum absolute atomic E-state index is 0.0737. The van der Waals surface area contributed by atoms with Crippen LogP contribution in [0.3, 0.4) is 0 Å². The minimum atomic E-state index is -0.433. The molecule has 5 heteroatoms. The van der Waals surface area contributed by atoms with Crippen molar-refractivity contribution >= 4 is 11.8 Å². The zero-order valence-electron chi connectivity index (χ0n) is 12.7. The van der Waals surface area contributed by atoms with Crippen molar-refractivity contribution < 1.29 is 9.59 Å². The number of aryl methyl sites for hydroxylation is 1. The van der Waals surface area contributed by atoms with Crippen LogP contribution in [0.4, 0.5) is 0 Å². The van der Waals surface area contributed by atoms with Crippen LogP contribution in [-0.4, -0.2) is 48.9 Å². The van der Waals surface area contributed by atoms with E-state index in [9.17, 15) is 9.59 Å². The van der Waals surface area contributed by atoms with Crippen LogP contribution in [0, 0.1) is 0 Å². The van der Waals surface area contributed by atoms with Gasteiger partial charge in [0.1, 0.15) is 6.04 Å². The number of benzene rings is 1. The predicted molar refractivity (Wildman–Crippen MR) is 82.2 cm³/mol. The second-order valence-electron chi connectivity index (χ2n) is 5.16. The van der Waals surface area contributed by atoms with Gasteiger partial charge in [-0.2, -0.15) is 0 Å². The summed E-state index contributed by atoms with van der Waals surface area (Å²) in [6, 6.07) is 7.19. The highest BCUT2D eigenvalue weighted by Gasteiger charge is 2.32. The van der Waals surface area contributed by atoms with Gasteiger partial charge in [-0.05, 0) is 31.0 Å². The number of rotatable bonds is 4. The van der Waals surface area contributed by atoms with Crippen LogP contribution in [-0.2, 0) is 11.2 Å². The van der Waals surface area contributed by atoms with Gasteiger partial charge in [0.05, 0.1) is 0 Å². The minimum Gasteiger partial charge on any atom is -0.355 e. The van der Waals surface area contributed by atoms with Crippen molar-refractivity contribution in [3.63, 3.8) is 0 Å². The average molecular weight is 289 g/mol. The van der Waals surface area contributed by atoms with E-state index in [1.165, 1.54) is 5.56 Å². The number of amides is 2. The first-order valence-corrected chi connectivity index (χ1v) is 7.55. The van der Waals surface area contributed by atoms with Gasteiger partial charge < -0.3 is 15.5 Å². The fourth-order valence-corrected chi connectivity index (χ4v) is 2.52. The first-order valence-electron chi connectivity index (χ1n) is 7.55. The number of nitrogens with one attached hydrogen (secondary N) is 2. The molecule has 1 atom stereocenters. The first kappa shape index (κ1) is 15.5. The molecule has 1 aromatic rings. The number of hydrogen-bond donors (Lipinski definition) is 2. The first-order chi connectivity index (χ1) is 10.2. The highest BCUT2D eigenvalue weighted by Crippen LogP contribution is 2.12. The maximum absolute atomic E-state index is 12.6. The van der Waals surface area contributed by atoms with Crippen molar-refractivity contribution in [2.24, 2.45) is 0 Å². The highest BCUT2D eigenvalue weighted by molar-refractivity contribution is 5.97. The Bertz CT molecular complexity index is 499. The Kier molecular flexibility index (Phi) is 5.33. The van der Waals surface area contributed by atoms with Crippen molar-refractivity contribution in [3.05, 3.63) is 35.4 Å².